The summed E-state index contributed by atoms with van der Waals surface area (Å²) in [6.45, 7) is 0. The van der Waals surface area contributed by atoms with Crippen LogP contribution in [0.4, 0.5) is 34.1 Å². The van der Waals surface area contributed by atoms with Crippen LogP contribution in [0, 0.1) is 45.3 Å². The van der Waals surface area contributed by atoms with Crippen molar-refractivity contribution in [1.29, 1.82) is 21.0 Å². The predicted octanol–water partition coefficient (Wildman–Crippen LogP) is 15.0. The third kappa shape index (κ3) is 7.91. The van der Waals surface area contributed by atoms with E-state index in [1.54, 1.807) is 60.7 Å². The molecule has 0 unspecified atom stereocenters. The number of nitrogens with zero attached hydrogens (tertiary/aromatic N) is 9. The van der Waals surface area contributed by atoms with E-state index < -0.39 is 0 Å². The molecular formula is C62H37N9. The van der Waals surface area contributed by atoms with Gasteiger partial charge in [0.1, 0.15) is 0 Å². The first-order chi connectivity index (χ1) is 35.0. The minimum Gasteiger partial charge on any atom is -0.310 e. The van der Waals surface area contributed by atoms with Crippen molar-refractivity contribution in [3.63, 3.8) is 0 Å². The summed E-state index contributed by atoms with van der Waals surface area (Å²) in [5.74, 6) is 0.216. The zero-order chi connectivity index (χ0) is 48.3. The third-order valence-corrected chi connectivity index (χ3v) is 12.5. The van der Waals surface area contributed by atoms with Crippen LogP contribution in [0.5, 0.6) is 0 Å². The molecule has 0 fully saturated rings. The van der Waals surface area contributed by atoms with Crippen LogP contribution < -0.4 is 9.80 Å². The monoisotopic (exact) mass is 907 g/mol. The lowest BCUT2D eigenvalue weighted by atomic mass is 9.95. The largest absolute Gasteiger partial charge is 0.310 e. The first-order valence-electron chi connectivity index (χ1n) is 22.8. The highest BCUT2D eigenvalue weighted by Gasteiger charge is 2.24. The molecule has 0 atom stereocenters. The number of rotatable bonds is 10. The smallest absolute Gasteiger partial charge is 0.161 e. The molecule has 0 amide bonds. The number of nitriles is 4. The molecule has 0 bridgehead atoms. The number of hydrogen-bond donors (Lipinski definition) is 0. The summed E-state index contributed by atoms with van der Waals surface area (Å²) in [6.07, 6.45) is 0. The fourth-order valence-electron chi connectivity index (χ4n) is 9.38. The molecule has 2 heterocycles. The van der Waals surface area contributed by atoms with E-state index in [0.29, 0.717) is 44.9 Å². The van der Waals surface area contributed by atoms with Crippen LogP contribution in [0.3, 0.4) is 0 Å². The Morgan fingerprint density at radius 3 is 1.15 bits per heavy atom. The molecule has 0 saturated carbocycles. The van der Waals surface area contributed by atoms with Gasteiger partial charge in [0.05, 0.1) is 69.0 Å². The maximum absolute atomic E-state index is 11.1. The van der Waals surface area contributed by atoms with Gasteiger partial charge in [-0.1, -0.05) is 103 Å². The van der Waals surface area contributed by atoms with Crippen molar-refractivity contribution in [1.82, 2.24) is 14.5 Å². The molecule has 0 aliphatic carbocycles. The maximum atomic E-state index is 11.1. The van der Waals surface area contributed by atoms with Gasteiger partial charge in [0.25, 0.3) is 0 Å². The highest BCUT2D eigenvalue weighted by Crippen LogP contribution is 2.44. The van der Waals surface area contributed by atoms with E-state index in [1.165, 1.54) is 0 Å². The normalized spacial score (nSPS) is 10.8. The minimum atomic E-state index is 0.207. The van der Waals surface area contributed by atoms with E-state index in [2.05, 4.69) is 124 Å². The molecule has 11 aromatic rings. The molecule has 0 radical (unpaired) electrons. The molecular weight excluding hydrogens is 871 g/mol. The first kappa shape index (κ1) is 43.0. The van der Waals surface area contributed by atoms with Crippen molar-refractivity contribution in [3.8, 4) is 63.9 Å². The summed E-state index contributed by atoms with van der Waals surface area (Å²) < 4.78 is 2.11. The average Bonchev–Trinajstić information content (AvgIpc) is 3.76. The summed E-state index contributed by atoms with van der Waals surface area (Å²) in [6, 6.07) is 82.6. The molecule has 0 spiro atoms. The Morgan fingerprint density at radius 2 is 0.718 bits per heavy atom. The molecule has 9 heteroatoms. The van der Waals surface area contributed by atoms with Crippen LogP contribution in [0.25, 0.3) is 61.4 Å². The summed E-state index contributed by atoms with van der Waals surface area (Å²) in [7, 11) is 0. The Kier molecular flexibility index (Phi) is 11.3. The summed E-state index contributed by atoms with van der Waals surface area (Å²) in [4.78, 5) is 14.3. The number of benzene rings is 9. The maximum Gasteiger partial charge on any atom is 0.161 e. The zero-order valence-corrected chi connectivity index (χ0v) is 37.9. The van der Waals surface area contributed by atoms with Crippen molar-refractivity contribution >= 4 is 55.9 Å². The fraction of sp³-hybridized carbons (Fsp3) is 0. The first-order valence-corrected chi connectivity index (χ1v) is 22.8. The third-order valence-electron chi connectivity index (χ3n) is 12.5. The van der Waals surface area contributed by atoms with Gasteiger partial charge in [0, 0.05) is 67.3 Å². The lowest BCUT2D eigenvalue weighted by molar-refractivity contribution is 1.16. The van der Waals surface area contributed by atoms with Gasteiger partial charge < -0.3 is 14.4 Å². The Labute approximate surface area is 410 Å². The minimum absolute atomic E-state index is 0.207. The van der Waals surface area contributed by atoms with Crippen LogP contribution in [-0.2, 0) is 0 Å². The molecule has 330 valence electrons. The molecule has 0 aliphatic rings. The Morgan fingerprint density at radius 1 is 0.338 bits per heavy atom. The van der Waals surface area contributed by atoms with E-state index in [-0.39, 0.29) is 17.0 Å². The lowest BCUT2D eigenvalue weighted by Gasteiger charge is -2.26. The Hall–Kier alpha value is -10.6. The molecule has 0 saturated heterocycles. The van der Waals surface area contributed by atoms with Gasteiger partial charge in [-0.05, 0) is 121 Å². The highest BCUT2D eigenvalue weighted by molar-refractivity contribution is 6.12. The van der Waals surface area contributed by atoms with Crippen molar-refractivity contribution in [2.24, 2.45) is 0 Å². The summed E-state index contributed by atoms with van der Waals surface area (Å²) in [5.41, 5.74) is 11.4. The van der Waals surface area contributed by atoms with E-state index in [4.69, 9.17) is 9.97 Å². The van der Waals surface area contributed by atoms with Crippen LogP contribution in [0.15, 0.2) is 224 Å². The quantitative estimate of drug-likeness (QED) is 0.132. The second kappa shape index (κ2) is 18.6. The van der Waals surface area contributed by atoms with Gasteiger partial charge >= 0.3 is 0 Å². The van der Waals surface area contributed by atoms with E-state index >= 15 is 0 Å². The topological polar surface area (TPSA) is 132 Å². The fourth-order valence-corrected chi connectivity index (χ4v) is 9.38. The van der Waals surface area contributed by atoms with Gasteiger partial charge in [-0.3, -0.25) is 0 Å². The van der Waals surface area contributed by atoms with Crippen molar-refractivity contribution in [2.75, 3.05) is 9.80 Å². The number of anilines is 6. The number of hydrogen-bond acceptors (Lipinski definition) is 8. The Bertz CT molecular complexity index is 3660. The SMILES string of the molecule is N#Cc1ccccc1-c1cc(-c2c(C#N)cc(-n3c4ccc(N(c5ccccc5)c5ccccc5)cc4c4cc(N(c5ccccc5)c5ccccc5)ccc43)cc2C#N)nc(-c2ccccc2C#N)n1. The van der Waals surface area contributed by atoms with Crippen molar-refractivity contribution in [2.45, 2.75) is 0 Å². The second-order valence-electron chi connectivity index (χ2n) is 16.7. The number of para-hydroxylation sites is 4. The van der Waals surface area contributed by atoms with Gasteiger partial charge in [0.15, 0.2) is 5.82 Å². The molecule has 11 rings (SSSR count). The van der Waals surface area contributed by atoms with E-state index in [9.17, 15) is 21.0 Å². The molecule has 0 aliphatic heterocycles. The standard InChI is InChI=1S/C62H37N9/c63-38-42-17-13-15-27-53(42)57-37-58(68-62(67-57)54-28-16-14-18-43(54)39-64)61-44(40-65)33-52(34-45(61)41-66)71-59-31-29-50(69(46-19-5-1-6-20-46)47-21-7-2-8-22-47)35-55(59)56-36-51(30-32-60(56)71)70(48-23-9-3-10-24-48)49-25-11-4-12-26-49/h1-37H. The lowest BCUT2D eigenvalue weighted by Crippen LogP contribution is -2.09. The van der Waals surface area contributed by atoms with Gasteiger partial charge in [-0.2, -0.15) is 21.0 Å². The van der Waals surface area contributed by atoms with Crippen LogP contribution in [-0.4, -0.2) is 14.5 Å². The molecule has 2 aromatic heterocycles. The second-order valence-corrected chi connectivity index (χ2v) is 16.7. The van der Waals surface area contributed by atoms with Gasteiger partial charge in [-0.15, -0.1) is 0 Å². The molecule has 0 N–H and O–H groups in total. The average molecular weight is 908 g/mol. The molecule has 9 nitrogen and oxygen atoms in total. The molecule has 71 heavy (non-hydrogen) atoms. The van der Waals surface area contributed by atoms with Gasteiger partial charge in [-0.25, -0.2) is 9.97 Å². The van der Waals surface area contributed by atoms with Crippen LogP contribution >= 0.6 is 0 Å². The van der Waals surface area contributed by atoms with Crippen LogP contribution in [0.1, 0.15) is 22.3 Å². The van der Waals surface area contributed by atoms with Gasteiger partial charge in [0.2, 0.25) is 0 Å². The number of fused-ring (bicyclic) bond motifs is 3. The van der Waals surface area contributed by atoms with E-state index in [0.717, 1.165) is 55.9 Å². The Balaban J connectivity index is 1.16. The van der Waals surface area contributed by atoms with E-state index in [1.807, 2.05) is 78.9 Å². The predicted molar refractivity (Wildman–Crippen MR) is 281 cm³/mol. The van der Waals surface area contributed by atoms with Crippen molar-refractivity contribution < 1.29 is 0 Å². The van der Waals surface area contributed by atoms with Crippen LogP contribution in [0.2, 0.25) is 0 Å². The summed E-state index contributed by atoms with van der Waals surface area (Å²) in [5, 5.41) is 44.4. The number of aromatic nitrogens is 3. The van der Waals surface area contributed by atoms with Crippen molar-refractivity contribution in [3.05, 3.63) is 247 Å². The molecule has 9 aromatic carbocycles. The zero-order valence-electron chi connectivity index (χ0n) is 37.9. The highest BCUT2D eigenvalue weighted by atomic mass is 15.1. The summed E-state index contributed by atoms with van der Waals surface area (Å²) >= 11 is 0.